The first-order valence-corrected chi connectivity index (χ1v) is 9.88. The van der Waals surface area contributed by atoms with Crippen LogP contribution in [0.4, 0.5) is 8.78 Å². The van der Waals surface area contributed by atoms with Crippen LogP contribution in [0.5, 0.6) is 0 Å². The maximum absolute atomic E-state index is 14.6. The third-order valence-corrected chi connectivity index (χ3v) is 5.22. The van der Waals surface area contributed by atoms with E-state index in [4.69, 9.17) is 0 Å². The topological polar surface area (TPSA) is 17.8 Å². The van der Waals surface area contributed by atoms with Crippen LogP contribution in [0.1, 0.15) is 44.7 Å². The van der Waals surface area contributed by atoms with Gasteiger partial charge >= 0.3 is 0 Å². The minimum Gasteiger partial charge on any atom is -0.300 e. The van der Waals surface area contributed by atoms with E-state index in [1.54, 1.807) is 18.5 Å². The Hall–Kier alpha value is -2.01. The molecule has 5 heteroatoms. The number of hydrogen-bond acceptors (Lipinski definition) is 1. The third kappa shape index (κ3) is 4.13. The van der Waals surface area contributed by atoms with E-state index in [0.717, 1.165) is 16.2 Å². The molecule has 142 valence electrons. The van der Waals surface area contributed by atoms with E-state index in [0.29, 0.717) is 29.3 Å². The van der Waals surface area contributed by atoms with E-state index in [9.17, 15) is 8.78 Å². The molecule has 0 saturated heterocycles. The molecule has 0 spiro atoms. The lowest BCUT2D eigenvalue weighted by molar-refractivity contribution is 0.553. The van der Waals surface area contributed by atoms with E-state index in [2.05, 4.69) is 40.8 Å². The van der Waals surface area contributed by atoms with Crippen LogP contribution in [0, 0.1) is 17.6 Å². The smallest absolute Gasteiger partial charge is 0.147 e. The lowest BCUT2D eigenvalue weighted by Gasteiger charge is -2.14. The zero-order chi connectivity index (χ0) is 19.7. The van der Waals surface area contributed by atoms with Gasteiger partial charge in [-0.3, -0.25) is 4.57 Å². The fraction of sp³-hybridized carbons (Fsp3) is 0.318. The molecule has 0 aliphatic rings. The molecule has 0 atom stereocenters. The lowest BCUT2D eigenvalue weighted by Crippen LogP contribution is -2.03. The normalized spacial score (nSPS) is 11.6. The average molecular weight is 433 g/mol. The summed E-state index contributed by atoms with van der Waals surface area (Å²) in [5.41, 5.74) is 2.88. The summed E-state index contributed by atoms with van der Waals surface area (Å²) in [5, 5.41) is 0. The largest absolute Gasteiger partial charge is 0.300 e. The molecule has 0 radical (unpaired) electrons. The van der Waals surface area contributed by atoms with Crippen molar-refractivity contribution in [3.05, 3.63) is 70.0 Å². The molecule has 3 aromatic rings. The second-order valence-corrected chi connectivity index (χ2v) is 8.36. The molecular weight excluding hydrogens is 410 g/mol. The zero-order valence-electron chi connectivity index (χ0n) is 15.9. The number of nitrogens with zero attached hydrogens (tertiary/aromatic N) is 2. The average Bonchev–Trinajstić information content (AvgIpc) is 3.05. The van der Waals surface area contributed by atoms with Crippen LogP contribution in [0.2, 0.25) is 0 Å². The van der Waals surface area contributed by atoms with Crippen molar-refractivity contribution in [2.24, 2.45) is 5.92 Å². The Bertz CT molecular complexity index is 961. The molecule has 0 fully saturated rings. The van der Waals surface area contributed by atoms with Crippen molar-refractivity contribution in [3.63, 3.8) is 0 Å². The monoisotopic (exact) mass is 432 g/mol. The Kier molecular flexibility index (Phi) is 5.80. The van der Waals surface area contributed by atoms with Gasteiger partial charge in [-0.2, -0.15) is 0 Å². The molecule has 0 amide bonds. The van der Waals surface area contributed by atoms with E-state index in [1.165, 1.54) is 5.56 Å². The summed E-state index contributed by atoms with van der Waals surface area (Å²) < 4.78 is 31.5. The Balaban J connectivity index is 2.09. The zero-order valence-corrected chi connectivity index (χ0v) is 17.5. The van der Waals surface area contributed by atoms with E-state index >= 15 is 0 Å². The second kappa shape index (κ2) is 7.93. The van der Waals surface area contributed by atoms with Crippen LogP contribution in [-0.4, -0.2) is 9.55 Å². The van der Waals surface area contributed by atoms with Crippen LogP contribution in [0.3, 0.4) is 0 Å². The van der Waals surface area contributed by atoms with Crippen LogP contribution in [-0.2, 0) is 6.42 Å². The molecular formula is C22H23BrF2N2. The molecule has 0 aliphatic heterocycles. The molecule has 0 N–H and O–H groups in total. The minimum absolute atomic E-state index is 0.275. The molecule has 1 aromatic heterocycles. The lowest BCUT2D eigenvalue weighted by atomic mass is 9.99. The molecule has 2 aromatic carbocycles. The van der Waals surface area contributed by atoms with Crippen molar-refractivity contribution in [2.45, 2.75) is 40.0 Å². The molecule has 1 heterocycles. The maximum atomic E-state index is 14.6. The van der Waals surface area contributed by atoms with Gasteiger partial charge in [-0.15, -0.1) is 0 Å². The van der Waals surface area contributed by atoms with Crippen molar-refractivity contribution in [2.75, 3.05) is 0 Å². The standard InChI is InChI=1S/C22H23BrF2N2/c1-13(2)9-15-10-18(21(25)12-20(15)24)22-26-7-8-27(22)16-5-6-17(14(3)4)19(23)11-16/h5-8,10-14H,9H2,1-4H3. The highest BCUT2D eigenvalue weighted by atomic mass is 79.9. The number of imidazole rings is 1. The summed E-state index contributed by atoms with van der Waals surface area (Å²) in [6.07, 6.45) is 3.97. The Morgan fingerprint density at radius 3 is 2.41 bits per heavy atom. The highest BCUT2D eigenvalue weighted by molar-refractivity contribution is 9.10. The number of halogens is 3. The minimum atomic E-state index is -0.606. The Morgan fingerprint density at radius 2 is 1.78 bits per heavy atom. The van der Waals surface area contributed by atoms with Crippen molar-refractivity contribution < 1.29 is 8.78 Å². The maximum Gasteiger partial charge on any atom is 0.147 e. The molecule has 27 heavy (non-hydrogen) atoms. The van der Waals surface area contributed by atoms with Gasteiger partial charge in [0.2, 0.25) is 0 Å². The van der Waals surface area contributed by atoms with Gasteiger partial charge in [0.1, 0.15) is 17.5 Å². The Labute approximate surface area is 167 Å². The van der Waals surface area contributed by atoms with Crippen LogP contribution in [0.15, 0.2) is 47.2 Å². The van der Waals surface area contributed by atoms with Crippen LogP contribution < -0.4 is 0 Å². The van der Waals surface area contributed by atoms with Gasteiger partial charge in [-0.1, -0.05) is 49.7 Å². The predicted octanol–water partition coefficient (Wildman–Crippen LogP) is 6.90. The van der Waals surface area contributed by atoms with E-state index in [1.807, 2.05) is 30.5 Å². The first-order valence-electron chi connectivity index (χ1n) is 9.09. The molecule has 3 rings (SSSR count). The summed E-state index contributed by atoms with van der Waals surface area (Å²) in [4.78, 5) is 4.35. The second-order valence-electron chi connectivity index (χ2n) is 7.50. The van der Waals surface area contributed by atoms with Gasteiger partial charge in [0.15, 0.2) is 0 Å². The first kappa shape index (κ1) is 19.7. The Morgan fingerprint density at radius 1 is 1.04 bits per heavy atom. The number of aromatic nitrogens is 2. The van der Waals surface area contributed by atoms with Crippen molar-refractivity contribution in [1.29, 1.82) is 0 Å². The van der Waals surface area contributed by atoms with Crippen LogP contribution in [0.25, 0.3) is 17.1 Å². The molecule has 0 saturated carbocycles. The highest BCUT2D eigenvalue weighted by Crippen LogP contribution is 2.31. The van der Waals surface area contributed by atoms with Gasteiger partial charge in [0.25, 0.3) is 0 Å². The molecule has 0 aliphatic carbocycles. The van der Waals surface area contributed by atoms with Gasteiger partial charge < -0.3 is 0 Å². The molecule has 2 nitrogen and oxygen atoms in total. The fourth-order valence-electron chi connectivity index (χ4n) is 3.21. The number of benzene rings is 2. The summed E-state index contributed by atoms with van der Waals surface area (Å²) in [6, 6.07) is 8.59. The first-order chi connectivity index (χ1) is 12.8. The van der Waals surface area contributed by atoms with E-state index in [-0.39, 0.29) is 5.92 Å². The van der Waals surface area contributed by atoms with E-state index < -0.39 is 11.6 Å². The van der Waals surface area contributed by atoms with Gasteiger partial charge in [0, 0.05) is 28.6 Å². The van der Waals surface area contributed by atoms with Gasteiger partial charge in [0.05, 0.1) is 5.56 Å². The fourth-order valence-corrected chi connectivity index (χ4v) is 4.03. The van der Waals surface area contributed by atoms with Gasteiger partial charge in [-0.05, 0) is 47.6 Å². The summed E-state index contributed by atoms with van der Waals surface area (Å²) in [6.45, 7) is 8.29. The number of rotatable bonds is 5. The van der Waals surface area contributed by atoms with Crippen LogP contribution >= 0.6 is 15.9 Å². The van der Waals surface area contributed by atoms with Crippen molar-refractivity contribution in [3.8, 4) is 17.1 Å². The van der Waals surface area contributed by atoms with Crippen molar-refractivity contribution in [1.82, 2.24) is 9.55 Å². The van der Waals surface area contributed by atoms with Crippen molar-refractivity contribution >= 4 is 15.9 Å². The summed E-state index contributed by atoms with van der Waals surface area (Å²) >= 11 is 3.62. The predicted molar refractivity (Wildman–Crippen MR) is 109 cm³/mol. The quantitative estimate of drug-likeness (QED) is 0.428. The highest BCUT2D eigenvalue weighted by Gasteiger charge is 2.17. The summed E-state index contributed by atoms with van der Waals surface area (Å²) in [7, 11) is 0. The van der Waals surface area contributed by atoms with Gasteiger partial charge in [-0.25, -0.2) is 13.8 Å². The summed E-state index contributed by atoms with van der Waals surface area (Å²) in [5.74, 6) is 0.0139. The number of hydrogen-bond donors (Lipinski definition) is 0. The molecule has 0 unspecified atom stereocenters. The molecule has 0 bridgehead atoms. The third-order valence-electron chi connectivity index (χ3n) is 4.53. The SMILES string of the molecule is CC(C)Cc1cc(-c2nccn2-c2ccc(C(C)C)c(Br)c2)c(F)cc1F.